The lowest BCUT2D eigenvalue weighted by molar-refractivity contribution is 0.0939. The fraction of sp³-hybridized carbons (Fsp3) is 0.500. The quantitative estimate of drug-likeness (QED) is 0.774. The Bertz CT molecular complexity index is 360. The summed E-state index contributed by atoms with van der Waals surface area (Å²) < 4.78 is 0. The van der Waals surface area contributed by atoms with Crippen LogP contribution in [0.3, 0.4) is 0 Å². The molecule has 1 aromatic rings. The van der Waals surface area contributed by atoms with Crippen LogP contribution in [0.15, 0.2) is 24.4 Å². The van der Waals surface area contributed by atoms with Crippen LogP contribution < -0.4 is 11.1 Å². The molecule has 16 heavy (non-hydrogen) atoms. The van der Waals surface area contributed by atoms with Crippen LogP contribution in [0.25, 0.3) is 0 Å². The summed E-state index contributed by atoms with van der Waals surface area (Å²) in [5, 5.41) is 2.93. The van der Waals surface area contributed by atoms with Crippen molar-refractivity contribution in [2.45, 2.75) is 19.3 Å². The number of amides is 1. The largest absolute Gasteiger partial charge is 0.350 e. The SMILES string of the molecule is NCCC1(CNC(=O)c2ccccn2)CC1. The van der Waals surface area contributed by atoms with Crippen molar-refractivity contribution in [2.24, 2.45) is 11.1 Å². The molecule has 1 fully saturated rings. The number of rotatable bonds is 5. The van der Waals surface area contributed by atoms with Gasteiger partial charge in [0.05, 0.1) is 0 Å². The number of nitrogens with two attached hydrogens (primary N) is 1. The van der Waals surface area contributed by atoms with E-state index in [1.54, 1.807) is 18.3 Å². The summed E-state index contributed by atoms with van der Waals surface area (Å²) in [6.45, 7) is 1.42. The highest BCUT2D eigenvalue weighted by Crippen LogP contribution is 2.47. The van der Waals surface area contributed by atoms with Crippen LogP contribution in [0.2, 0.25) is 0 Å². The predicted octanol–water partition coefficient (Wildman–Crippen LogP) is 0.940. The molecule has 0 radical (unpaired) electrons. The van der Waals surface area contributed by atoms with Crippen molar-refractivity contribution < 1.29 is 4.79 Å². The third-order valence-electron chi connectivity index (χ3n) is 3.15. The van der Waals surface area contributed by atoms with Crippen molar-refractivity contribution in [1.29, 1.82) is 0 Å². The van der Waals surface area contributed by atoms with E-state index < -0.39 is 0 Å². The molecule has 1 heterocycles. The average molecular weight is 219 g/mol. The Kier molecular flexibility index (Phi) is 3.19. The van der Waals surface area contributed by atoms with Crippen molar-refractivity contribution >= 4 is 5.91 Å². The maximum Gasteiger partial charge on any atom is 0.269 e. The van der Waals surface area contributed by atoms with Gasteiger partial charge in [0.2, 0.25) is 0 Å². The smallest absolute Gasteiger partial charge is 0.269 e. The van der Waals surface area contributed by atoms with Crippen molar-refractivity contribution in [3.63, 3.8) is 0 Å². The second-order valence-electron chi connectivity index (χ2n) is 4.44. The lowest BCUT2D eigenvalue weighted by atomic mass is 10.0. The maximum absolute atomic E-state index is 11.7. The van der Waals surface area contributed by atoms with E-state index in [1.165, 1.54) is 12.8 Å². The van der Waals surface area contributed by atoms with E-state index in [0.717, 1.165) is 13.0 Å². The molecule has 4 nitrogen and oxygen atoms in total. The van der Waals surface area contributed by atoms with Gasteiger partial charge in [-0.15, -0.1) is 0 Å². The first-order chi connectivity index (χ1) is 7.76. The van der Waals surface area contributed by atoms with Gasteiger partial charge in [-0.2, -0.15) is 0 Å². The highest BCUT2D eigenvalue weighted by molar-refractivity contribution is 5.92. The molecule has 1 amide bonds. The average Bonchev–Trinajstić information content (AvgIpc) is 3.08. The summed E-state index contributed by atoms with van der Waals surface area (Å²) >= 11 is 0. The molecule has 1 aliphatic rings. The van der Waals surface area contributed by atoms with Crippen molar-refractivity contribution in [3.8, 4) is 0 Å². The van der Waals surface area contributed by atoms with E-state index in [1.807, 2.05) is 6.07 Å². The van der Waals surface area contributed by atoms with Crippen LogP contribution in [0, 0.1) is 5.41 Å². The summed E-state index contributed by atoms with van der Waals surface area (Å²) in [7, 11) is 0. The molecule has 0 unspecified atom stereocenters. The van der Waals surface area contributed by atoms with Crippen molar-refractivity contribution in [1.82, 2.24) is 10.3 Å². The number of hydrogen-bond donors (Lipinski definition) is 2. The molecule has 0 spiro atoms. The fourth-order valence-electron chi connectivity index (χ4n) is 1.85. The van der Waals surface area contributed by atoms with Gasteiger partial charge in [-0.1, -0.05) is 6.07 Å². The van der Waals surface area contributed by atoms with Crippen molar-refractivity contribution in [2.75, 3.05) is 13.1 Å². The fourth-order valence-corrected chi connectivity index (χ4v) is 1.85. The Morgan fingerprint density at radius 2 is 2.31 bits per heavy atom. The zero-order chi connectivity index (χ0) is 11.4. The summed E-state index contributed by atoms with van der Waals surface area (Å²) in [5.74, 6) is -0.0936. The van der Waals surface area contributed by atoms with Gasteiger partial charge >= 0.3 is 0 Å². The van der Waals surface area contributed by atoms with Crippen LogP contribution in [0.4, 0.5) is 0 Å². The van der Waals surface area contributed by atoms with E-state index in [-0.39, 0.29) is 11.3 Å². The first-order valence-corrected chi connectivity index (χ1v) is 5.65. The maximum atomic E-state index is 11.7. The van der Waals surface area contributed by atoms with Gasteiger partial charge in [0.15, 0.2) is 0 Å². The number of pyridine rings is 1. The molecule has 1 saturated carbocycles. The van der Waals surface area contributed by atoms with Gasteiger partial charge in [-0.3, -0.25) is 9.78 Å². The molecular formula is C12H17N3O. The minimum atomic E-state index is -0.0936. The molecule has 4 heteroatoms. The molecule has 1 aliphatic carbocycles. The number of carbonyl (C=O) groups excluding carboxylic acids is 1. The van der Waals surface area contributed by atoms with Crippen molar-refractivity contribution in [3.05, 3.63) is 30.1 Å². The molecule has 0 bridgehead atoms. The van der Waals surface area contributed by atoms with Crippen LogP contribution in [-0.2, 0) is 0 Å². The molecule has 0 saturated heterocycles. The molecule has 0 atom stereocenters. The van der Waals surface area contributed by atoms with Crippen LogP contribution >= 0.6 is 0 Å². The second kappa shape index (κ2) is 4.61. The third-order valence-corrected chi connectivity index (χ3v) is 3.15. The van der Waals surface area contributed by atoms with E-state index in [2.05, 4.69) is 10.3 Å². The summed E-state index contributed by atoms with van der Waals surface area (Å²) in [6, 6.07) is 5.33. The highest BCUT2D eigenvalue weighted by Gasteiger charge is 2.41. The minimum Gasteiger partial charge on any atom is -0.350 e. The van der Waals surface area contributed by atoms with E-state index >= 15 is 0 Å². The van der Waals surface area contributed by atoms with Crippen LogP contribution in [0.5, 0.6) is 0 Å². The molecule has 86 valence electrons. The van der Waals surface area contributed by atoms with E-state index in [9.17, 15) is 4.79 Å². The monoisotopic (exact) mass is 219 g/mol. The lowest BCUT2D eigenvalue weighted by Crippen LogP contribution is -2.31. The van der Waals surface area contributed by atoms with E-state index in [0.29, 0.717) is 12.2 Å². The molecule has 1 aromatic heterocycles. The highest BCUT2D eigenvalue weighted by atomic mass is 16.1. The predicted molar refractivity (Wildman–Crippen MR) is 61.9 cm³/mol. The summed E-state index contributed by atoms with van der Waals surface area (Å²) in [6.07, 6.45) is 4.97. The molecule has 0 aromatic carbocycles. The number of hydrogen-bond acceptors (Lipinski definition) is 3. The Morgan fingerprint density at radius 3 is 2.88 bits per heavy atom. The molecule has 2 rings (SSSR count). The zero-order valence-electron chi connectivity index (χ0n) is 9.28. The second-order valence-corrected chi connectivity index (χ2v) is 4.44. The van der Waals surface area contributed by atoms with Gasteiger partial charge in [-0.05, 0) is 43.4 Å². The number of aromatic nitrogens is 1. The van der Waals surface area contributed by atoms with Gasteiger partial charge in [0.25, 0.3) is 5.91 Å². The van der Waals surface area contributed by atoms with Gasteiger partial charge in [0.1, 0.15) is 5.69 Å². The first kappa shape index (κ1) is 11.1. The Morgan fingerprint density at radius 1 is 1.50 bits per heavy atom. The van der Waals surface area contributed by atoms with Crippen LogP contribution in [0.1, 0.15) is 29.8 Å². The number of nitrogens with one attached hydrogen (secondary N) is 1. The lowest BCUT2D eigenvalue weighted by Gasteiger charge is -2.14. The molecule has 0 aliphatic heterocycles. The molecule has 3 N–H and O–H groups in total. The van der Waals surface area contributed by atoms with Crippen LogP contribution in [-0.4, -0.2) is 24.0 Å². The topological polar surface area (TPSA) is 68.0 Å². The van der Waals surface area contributed by atoms with E-state index in [4.69, 9.17) is 5.73 Å². The molecular weight excluding hydrogens is 202 g/mol. The van der Waals surface area contributed by atoms with Gasteiger partial charge < -0.3 is 11.1 Å². The Labute approximate surface area is 95.3 Å². The minimum absolute atomic E-state index is 0.0936. The first-order valence-electron chi connectivity index (χ1n) is 5.65. The normalized spacial score (nSPS) is 16.8. The standard InChI is InChI=1S/C12H17N3O/c13-7-6-12(4-5-12)9-15-11(16)10-3-1-2-8-14-10/h1-3,8H,4-7,9,13H2,(H,15,16). The van der Waals surface area contributed by atoms with Gasteiger partial charge in [-0.25, -0.2) is 0 Å². The van der Waals surface area contributed by atoms with Gasteiger partial charge in [0, 0.05) is 12.7 Å². The number of carbonyl (C=O) groups is 1. The third kappa shape index (κ3) is 2.58. The number of nitrogens with zero attached hydrogens (tertiary/aromatic N) is 1. The zero-order valence-corrected chi connectivity index (χ0v) is 9.28. The Balaban J connectivity index is 1.85. The summed E-state index contributed by atoms with van der Waals surface area (Å²) in [4.78, 5) is 15.7. The summed E-state index contributed by atoms with van der Waals surface area (Å²) in [5.41, 5.74) is 6.30. The Hall–Kier alpha value is -1.42.